The predicted octanol–water partition coefficient (Wildman–Crippen LogP) is 3.79. The second-order valence-electron chi connectivity index (χ2n) is 5.92. The fourth-order valence-corrected chi connectivity index (χ4v) is 7.19. The second-order valence-corrected chi connectivity index (χ2v) is 11.0. The molecule has 1 aliphatic heterocycles. The van der Waals surface area contributed by atoms with Crippen molar-refractivity contribution in [2.24, 2.45) is 11.8 Å². The largest absolute Gasteiger partial charge is 0.312 e. The van der Waals surface area contributed by atoms with E-state index in [2.05, 4.69) is 28.4 Å². The normalized spacial score (nSPS) is 20.4. The minimum Gasteiger partial charge on any atom is -0.312 e. The van der Waals surface area contributed by atoms with Crippen LogP contribution in [0.5, 0.6) is 0 Å². The Labute approximate surface area is 184 Å². The molecule has 4 unspecified atom stereocenters. The first-order valence-electron chi connectivity index (χ1n) is 8.54. The van der Waals surface area contributed by atoms with Crippen LogP contribution in [0, 0.1) is 42.2 Å². The molecule has 29 heavy (non-hydrogen) atoms. The van der Waals surface area contributed by atoms with Gasteiger partial charge >= 0.3 is 0 Å². The molecule has 0 aromatic carbocycles. The van der Waals surface area contributed by atoms with E-state index in [4.69, 9.17) is 0 Å². The Kier molecular flexibility index (Phi) is 16.2. The van der Waals surface area contributed by atoms with E-state index in [0.717, 1.165) is 22.6 Å². The van der Waals surface area contributed by atoms with Crippen molar-refractivity contribution in [3.63, 3.8) is 0 Å². The van der Waals surface area contributed by atoms with Gasteiger partial charge in [-0.25, -0.2) is 0 Å². The monoisotopic (exact) mass is 495 g/mol. The first-order valence-corrected chi connectivity index (χ1v) is 13.5. The van der Waals surface area contributed by atoms with Crippen molar-refractivity contribution in [2.75, 3.05) is 29.6 Å². The van der Waals surface area contributed by atoms with Gasteiger partial charge < -0.3 is 14.5 Å². The number of rotatable bonds is 13. The average molecular weight is 496 g/mol. The maximum Gasteiger partial charge on any atom is 0.294 e. The molecule has 0 aromatic heterocycles. The Morgan fingerprint density at radius 1 is 0.897 bits per heavy atom. The van der Waals surface area contributed by atoms with Crippen LogP contribution < -0.4 is 0 Å². The molecule has 0 aliphatic carbocycles. The summed E-state index contributed by atoms with van der Waals surface area (Å²) in [5, 5.41) is 27.4. The zero-order valence-corrected chi connectivity index (χ0v) is 19.5. The SMILES string of the molecule is CC1CSSCC1C.CCC(CSSCC(CO[N+](=O)[O-])O[N+](=O)[O-])O[N+](=O)[O-]. The molecule has 0 aromatic rings. The van der Waals surface area contributed by atoms with Gasteiger partial charge in [-0.3, -0.25) is 0 Å². The zero-order valence-electron chi connectivity index (χ0n) is 16.2. The fraction of sp³-hybridized carbons (Fsp3) is 1.00. The summed E-state index contributed by atoms with van der Waals surface area (Å²) in [6, 6.07) is 0. The standard InChI is InChI=1S/C7H13N3O9S2.C6H12S2/c1-2-6(18-9(13)14)4-20-21-5-7(19-10(15)16)3-17-8(11)12;1-5-3-7-8-4-6(5)2/h6-7H,2-5H2,1H3;5-6H,3-4H2,1-2H3. The molecule has 1 heterocycles. The van der Waals surface area contributed by atoms with E-state index in [1.807, 2.05) is 21.6 Å². The number of hydrogen-bond acceptors (Lipinski definition) is 13. The molecule has 1 fully saturated rings. The van der Waals surface area contributed by atoms with Gasteiger partial charge in [-0.2, -0.15) is 0 Å². The Bertz CT molecular complexity index is 496. The number of hydrogen-bond donors (Lipinski definition) is 0. The van der Waals surface area contributed by atoms with Crippen molar-refractivity contribution < 1.29 is 29.8 Å². The molecule has 0 spiro atoms. The third kappa shape index (κ3) is 16.5. The highest BCUT2D eigenvalue weighted by atomic mass is 33.1. The van der Waals surface area contributed by atoms with Crippen LogP contribution >= 0.6 is 43.2 Å². The lowest BCUT2D eigenvalue weighted by atomic mass is 10.0. The summed E-state index contributed by atoms with van der Waals surface area (Å²) in [4.78, 5) is 43.0. The van der Waals surface area contributed by atoms with Crippen molar-refractivity contribution in [3.8, 4) is 0 Å². The van der Waals surface area contributed by atoms with Crippen molar-refractivity contribution in [1.82, 2.24) is 0 Å². The lowest BCUT2D eigenvalue weighted by molar-refractivity contribution is -0.788. The van der Waals surface area contributed by atoms with Gasteiger partial charge in [0.15, 0.2) is 0 Å². The molecule has 16 heteroatoms. The number of nitrogens with zero attached hydrogens (tertiary/aromatic N) is 3. The molecule has 0 radical (unpaired) electrons. The van der Waals surface area contributed by atoms with Crippen LogP contribution in [0.15, 0.2) is 0 Å². The Balaban J connectivity index is 0.000000807. The molecule has 0 amide bonds. The van der Waals surface area contributed by atoms with E-state index in [-0.39, 0.29) is 11.5 Å². The van der Waals surface area contributed by atoms with Crippen molar-refractivity contribution in [1.29, 1.82) is 0 Å². The van der Waals surface area contributed by atoms with Crippen LogP contribution in [0.2, 0.25) is 0 Å². The maximum absolute atomic E-state index is 10.2. The predicted molar refractivity (Wildman–Crippen MR) is 115 cm³/mol. The highest BCUT2D eigenvalue weighted by Crippen LogP contribution is 2.35. The zero-order chi connectivity index (χ0) is 22.2. The molecular weight excluding hydrogens is 470 g/mol. The average Bonchev–Trinajstić information content (AvgIpc) is 2.64. The van der Waals surface area contributed by atoms with Crippen molar-refractivity contribution in [2.45, 2.75) is 39.4 Å². The summed E-state index contributed by atoms with van der Waals surface area (Å²) in [5.74, 6) is 4.91. The van der Waals surface area contributed by atoms with E-state index in [9.17, 15) is 30.3 Å². The quantitative estimate of drug-likeness (QED) is 0.157. The summed E-state index contributed by atoms with van der Waals surface area (Å²) < 4.78 is 0. The molecule has 12 nitrogen and oxygen atoms in total. The highest BCUT2D eigenvalue weighted by Gasteiger charge is 2.18. The fourth-order valence-electron chi connectivity index (χ4n) is 1.61. The molecular formula is C13H25N3O9S4. The van der Waals surface area contributed by atoms with Gasteiger partial charge in [0.25, 0.3) is 15.3 Å². The topological polar surface area (TPSA) is 157 Å². The molecule has 1 aliphatic rings. The smallest absolute Gasteiger partial charge is 0.294 e. The van der Waals surface area contributed by atoms with E-state index < -0.39 is 34.1 Å². The van der Waals surface area contributed by atoms with Crippen LogP contribution in [0.3, 0.4) is 0 Å². The van der Waals surface area contributed by atoms with Crippen LogP contribution in [-0.4, -0.2) is 57.1 Å². The summed E-state index contributed by atoms with van der Waals surface area (Å²) in [6.45, 7) is 5.82. The first kappa shape index (κ1) is 28.0. The molecule has 1 rings (SSSR count). The van der Waals surface area contributed by atoms with Gasteiger partial charge in [0, 0.05) is 23.0 Å². The summed E-state index contributed by atoms with van der Waals surface area (Å²) >= 11 is 0. The summed E-state index contributed by atoms with van der Waals surface area (Å²) in [7, 11) is 6.33. The van der Waals surface area contributed by atoms with Crippen LogP contribution in [0.4, 0.5) is 0 Å². The maximum atomic E-state index is 10.2. The molecule has 170 valence electrons. The molecule has 0 bridgehead atoms. The lowest BCUT2D eigenvalue weighted by Crippen LogP contribution is -2.26. The third-order valence-electron chi connectivity index (χ3n) is 3.60. The first-order chi connectivity index (χ1) is 13.6. The van der Waals surface area contributed by atoms with E-state index in [1.165, 1.54) is 22.3 Å². The van der Waals surface area contributed by atoms with Crippen LogP contribution in [0.1, 0.15) is 27.2 Å². The minimum atomic E-state index is -1.11. The van der Waals surface area contributed by atoms with Crippen LogP contribution in [0.25, 0.3) is 0 Å². The molecule has 0 N–H and O–H groups in total. The minimum absolute atomic E-state index is 0.0361. The van der Waals surface area contributed by atoms with Crippen LogP contribution in [-0.2, 0) is 14.5 Å². The second kappa shape index (κ2) is 16.8. The lowest BCUT2D eigenvalue weighted by Gasteiger charge is -2.23. The van der Waals surface area contributed by atoms with Gasteiger partial charge in [-0.1, -0.05) is 63.9 Å². The van der Waals surface area contributed by atoms with Gasteiger partial charge in [-0.15, -0.1) is 30.3 Å². The van der Waals surface area contributed by atoms with Gasteiger partial charge in [-0.05, 0) is 18.3 Å². The van der Waals surface area contributed by atoms with E-state index in [0.29, 0.717) is 6.42 Å². The Morgan fingerprint density at radius 3 is 1.72 bits per heavy atom. The van der Waals surface area contributed by atoms with E-state index >= 15 is 0 Å². The van der Waals surface area contributed by atoms with Gasteiger partial charge in [0.05, 0.1) is 0 Å². The van der Waals surface area contributed by atoms with Gasteiger partial charge in [0.1, 0.15) is 18.8 Å². The van der Waals surface area contributed by atoms with Crippen molar-refractivity contribution >= 4 is 43.2 Å². The van der Waals surface area contributed by atoms with Gasteiger partial charge in [0.2, 0.25) is 0 Å². The third-order valence-corrected chi connectivity index (χ3v) is 8.91. The Morgan fingerprint density at radius 2 is 1.34 bits per heavy atom. The summed E-state index contributed by atoms with van der Waals surface area (Å²) in [6.07, 6.45) is -1.28. The van der Waals surface area contributed by atoms with E-state index in [1.54, 1.807) is 6.92 Å². The summed E-state index contributed by atoms with van der Waals surface area (Å²) in [5.41, 5.74) is 0. The Hall–Kier alpha value is -1.00. The molecule has 0 saturated carbocycles. The molecule has 4 atom stereocenters. The van der Waals surface area contributed by atoms with Crippen molar-refractivity contribution in [3.05, 3.63) is 30.3 Å². The highest BCUT2D eigenvalue weighted by molar-refractivity contribution is 8.77. The molecule has 1 saturated heterocycles.